The lowest BCUT2D eigenvalue weighted by molar-refractivity contribution is 0.0373. The monoisotopic (exact) mass is 552 g/mol. The van der Waals surface area contributed by atoms with E-state index in [9.17, 15) is 22.7 Å². The van der Waals surface area contributed by atoms with Crippen molar-refractivity contribution >= 4 is 15.9 Å². The minimum atomic E-state index is -4.16. The van der Waals surface area contributed by atoms with Gasteiger partial charge in [-0.15, -0.1) is 0 Å². The fourth-order valence-electron chi connectivity index (χ4n) is 4.14. The molecule has 9 nitrogen and oxygen atoms in total. The second-order valence-electron chi connectivity index (χ2n) is 9.41. The number of rotatable bonds is 6. The molecule has 0 spiro atoms. The van der Waals surface area contributed by atoms with E-state index in [0.29, 0.717) is 11.1 Å². The van der Waals surface area contributed by atoms with E-state index in [1.54, 1.807) is 37.5 Å². The van der Waals surface area contributed by atoms with E-state index in [0.717, 1.165) is 10.4 Å². The molecule has 39 heavy (non-hydrogen) atoms. The van der Waals surface area contributed by atoms with Crippen molar-refractivity contribution in [1.82, 2.24) is 19.2 Å². The van der Waals surface area contributed by atoms with Gasteiger partial charge in [0.2, 0.25) is 15.9 Å². The summed E-state index contributed by atoms with van der Waals surface area (Å²) >= 11 is 0. The largest absolute Gasteiger partial charge is 0.472 e. The molecule has 2 aromatic heterocycles. The van der Waals surface area contributed by atoms with Crippen LogP contribution in [-0.4, -0.2) is 77.5 Å². The van der Waals surface area contributed by atoms with Gasteiger partial charge in [0.1, 0.15) is 22.4 Å². The number of ether oxygens (including phenoxy) is 1. The number of aliphatic hydroxyl groups is 1. The van der Waals surface area contributed by atoms with Gasteiger partial charge in [-0.2, -0.15) is 4.31 Å². The van der Waals surface area contributed by atoms with Crippen LogP contribution >= 0.6 is 0 Å². The van der Waals surface area contributed by atoms with Gasteiger partial charge in [0.15, 0.2) is 0 Å². The number of carbonyl (C=O) groups excluding carboxylic acids is 1. The fourth-order valence-corrected chi connectivity index (χ4v) is 5.39. The van der Waals surface area contributed by atoms with E-state index in [1.807, 2.05) is 6.92 Å². The first-order valence-electron chi connectivity index (χ1n) is 12.3. The quantitative estimate of drug-likeness (QED) is 0.468. The van der Waals surface area contributed by atoms with Crippen molar-refractivity contribution in [3.05, 3.63) is 83.6 Å². The van der Waals surface area contributed by atoms with E-state index in [1.165, 1.54) is 36.3 Å². The average Bonchev–Trinajstić information content (AvgIpc) is 2.94. The van der Waals surface area contributed by atoms with Crippen LogP contribution in [0.5, 0.6) is 5.88 Å². The summed E-state index contributed by atoms with van der Waals surface area (Å²) in [6.45, 7) is 3.32. The number of nitrogens with zero attached hydrogens (tertiary/aromatic N) is 4. The minimum Gasteiger partial charge on any atom is -0.472 e. The molecule has 3 aromatic rings. The number of amides is 1. The Morgan fingerprint density at radius 3 is 2.64 bits per heavy atom. The zero-order valence-electron chi connectivity index (χ0n) is 21.8. The molecule has 0 aliphatic carbocycles. The van der Waals surface area contributed by atoms with E-state index in [4.69, 9.17) is 4.74 Å². The SMILES string of the molecule is C[C@H]1CN([C@@H](C)CO)C(=O)c2cc(C#Cc3cccnc3)cnc2O[C@@H]1CN(C)S(=O)(=O)c1ccccc1F. The third kappa shape index (κ3) is 6.25. The van der Waals surface area contributed by atoms with Gasteiger partial charge in [-0.25, -0.2) is 17.8 Å². The first kappa shape index (κ1) is 28.2. The maximum absolute atomic E-state index is 14.3. The standard InChI is InChI=1S/C28H29FN4O5S/c1-19-16-33(20(2)18-34)28(35)23-13-22(11-10-21-7-6-12-30-14-21)15-31-27(23)38-25(19)17-32(3)39(36,37)26-9-5-4-8-24(26)29/h4-9,12-15,19-20,25,34H,16-18H2,1-3H3/t19-,20-,25+/m0/s1. The molecule has 1 aromatic carbocycles. The summed E-state index contributed by atoms with van der Waals surface area (Å²) in [7, 11) is -2.81. The normalized spacial score (nSPS) is 18.3. The van der Waals surface area contributed by atoms with Crippen molar-refractivity contribution in [2.24, 2.45) is 5.92 Å². The Kier molecular flexibility index (Phi) is 8.60. The molecule has 204 valence electrons. The average molecular weight is 553 g/mol. The van der Waals surface area contributed by atoms with Gasteiger partial charge in [0.05, 0.1) is 19.2 Å². The number of hydrogen-bond acceptors (Lipinski definition) is 7. The van der Waals surface area contributed by atoms with Crippen LogP contribution in [0.1, 0.15) is 35.3 Å². The lowest BCUT2D eigenvalue weighted by Gasteiger charge is -2.37. The van der Waals surface area contributed by atoms with Crippen molar-refractivity contribution in [3.63, 3.8) is 0 Å². The first-order chi connectivity index (χ1) is 18.6. The number of carbonyl (C=O) groups is 1. The summed E-state index contributed by atoms with van der Waals surface area (Å²) in [4.78, 5) is 23.0. The van der Waals surface area contributed by atoms with Crippen LogP contribution in [0.25, 0.3) is 0 Å². The van der Waals surface area contributed by atoms with Crippen molar-refractivity contribution in [3.8, 4) is 17.7 Å². The third-order valence-electron chi connectivity index (χ3n) is 6.50. The molecule has 1 aliphatic heterocycles. The summed E-state index contributed by atoms with van der Waals surface area (Å²) in [6.07, 6.45) is 3.99. The number of pyridine rings is 2. The molecule has 0 saturated heterocycles. The molecule has 0 bridgehead atoms. The van der Waals surface area contributed by atoms with Crippen molar-refractivity contribution < 1.29 is 27.4 Å². The van der Waals surface area contributed by atoms with Crippen molar-refractivity contribution in [2.45, 2.75) is 30.9 Å². The number of hydrogen-bond donors (Lipinski definition) is 1. The molecule has 1 aliphatic rings. The molecule has 0 unspecified atom stereocenters. The number of aromatic nitrogens is 2. The number of likely N-dealkylation sites (N-methyl/N-ethyl adjacent to an activating group) is 1. The van der Waals surface area contributed by atoms with Crippen LogP contribution in [0, 0.1) is 23.6 Å². The lowest BCUT2D eigenvalue weighted by atomic mass is 10.0. The van der Waals surface area contributed by atoms with Crippen molar-refractivity contribution in [2.75, 3.05) is 26.7 Å². The molecule has 1 N–H and O–H groups in total. The second-order valence-corrected chi connectivity index (χ2v) is 11.4. The smallest absolute Gasteiger partial charge is 0.259 e. The van der Waals surface area contributed by atoms with Gasteiger partial charge in [-0.05, 0) is 37.3 Å². The highest BCUT2D eigenvalue weighted by Crippen LogP contribution is 2.28. The van der Waals surface area contributed by atoms with Crippen LogP contribution in [0.2, 0.25) is 0 Å². The Morgan fingerprint density at radius 2 is 1.95 bits per heavy atom. The Bertz CT molecular complexity index is 1510. The fraction of sp³-hybridized carbons (Fsp3) is 0.321. The van der Waals surface area contributed by atoms with Gasteiger partial charge < -0.3 is 14.7 Å². The minimum absolute atomic E-state index is 0.0234. The van der Waals surface area contributed by atoms with Crippen LogP contribution < -0.4 is 4.74 Å². The third-order valence-corrected chi connectivity index (χ3v) is 8.35. The van der Waals surface area contributed by atoms with E-state index < -0.39 is 32.9 Å². The van der Waals surface area contributed by atoms with Gasteiger partial charge in [0.25, 0.3) is 5.91 Å². The predicted molar refractivity (Wildman–Crippen MR) is 142 cm³/mol. The zero-order chi connectivity index (χ0) is 28.2. The Balaban J connectivity index is 1.69. The number of sulfonamides is 1. The topological polar surface area (TPSA) is 113 Å². The number of fused-ring (bicyclic) bond motifs is 1. The van der Waals surface area contributed by atoms with Gasteiger partial charge in [0, 0.05) is 49.2 Å². The molecule has 3 atom stereocenters. The summed E-state index contributed by atoms with van der Waals surface area (Å²) < 4.78 is 47.8. The van der Waals surface area contributed by atoms with Gasteiger partial charge in [-0.1, -0.05) is 30.9 Å². The van der Waals surface area contributed by atoms with E-state index in [2.05, 4.69) is 21.8 Å². The highest BCUT2D eigenvalue weighted by atomic mass is 32.2. The van der Waals surface area contributed by atoms with E-state index >= 15 is 0 Å². The van der Waals surface area contributed by atoms with Gasteiger partial charge in [-0.3, -0.25) is 9.78 Å². The lowest BCUT2D eigenvalue weighted by Crippen LogP contribution is -2.50. The molecule has 1 amide bonds. The number of benzene rings is 1. The van der Waals surface area contributed by atoms with Gasteiger partial charge >= 0.3 is 0 Å². The molecule has 0 saturated carbocycles. The van der Waals surface area contributed by atoms with Crippen LogP contribution in [-0.2, 0) is 10.0 Å². The summed E-state index contributed by atoms with van der Waals surface area (Å²) in [6, 6.07) is 9.78. The van der Waals surface area contributed by atoms with Crippen LogP contribution in [0.3, 0.4) is 0 Å². The highest BCUT2D eigenvalue weighted by molar-refractivity contribution is 7.89. The zero-order valence-corrected chi connectivity index (χ0v) is 22.6. The Hall–Kier alpha value is -3.85. The highest BCUT2D eigenvalue weighted by Gasteiger charge is 2.36. The second kappa shape index (κ2) is 11.9. The molecule has 0 fully saturated rings. The molecular weight excluding hydrogens is 523 g/mol. The molecule has 4 rings (SSSR count). The predicted octanol–water partition coefficient (Wildman–Crippen LogP) is 2.56. The Morgan fingerprint density at radius 1 is 1.21 bits per heavy atom. The van der Waals surface area contributed by atoms with Crippen LogP contribution in [0.15, 0.2) is 66.0 Å². The summed E-state index contributed by atoms with van der Waals surface area (Å²) in [5.74, 6) is 4.37. The Labute approximate surface area is 227 Å². The number of aliphatic hydroxyl groups excluding tert-OH is 1. The maximum Gasteiger partial charge on any atom is 0.259 e. The summed E-state index contributed by atoms with van der Waals surface area (Å²) in [5, 5.41) is 9.84. The number of halogens is 1. The molecule has 11 heteroatoms. The molecule has 0 radical (unpaired) electrons. The van der Waals surface area contributed by atoms with Crippen LogP contribution in [0.4, 0.5) is 4.39 Å². The maximum atomic E-state index is 14.3. The van der Waals surface area contributed by atoms with E-state index in [-0.39, 0.29) is 43.0 Å². The first-order valence-corrected chi connectivity index (χ1v) is 13.8. The molecular formula is C28H29FN4O5S. The summed E-state index contributed by atoms with van der Waals surface area (Å²) in [5.41, 5.74) is 1.30. The molecule has 3 heterocycles. The van der Waals surface area contributed by atoms with Crippen molar-refractivity contribution in [1.29, 1.82) is 0 Å².